The molecule has 3 aromatic carbocycles. The number of nitrogens with one attached hydrogen (secondary N) is 4. The predicted molar refractivity (Wildman–Crippen MR) is 201 cm³/mol. The maximum atomic E-state index is 13.7. The van der Waals surface area contributed by atoms with Crippen molar-refractivity contribution in [2.45, 2.75) is 16.3 Å². The van der Waals surface area contributed by atoms with Crippen LogP contribution in [0.25, 0.3) is 11.0 Å². The summed E-state index contributed by atoms with van der Waals surface area (Å²) in [6.45, 7) is 4.82. The molecule has 17 nitrogen and oxygen atoms in total. The lowest BCUT2D eigenvalue weighted by molar-refractivity contribution is 0.101. The number of piperazine rings is 1. The van der Waals surface area contributed by atoms with Crippen molar-refractivity contribution in [2.75, 3.05) is 49.2 Å². The first kappa shape index (κ1) is 36.4. The predicted octanol–water partition coefficient (Wildman–Crippen LogP) is 3.03. The number of anilines is 4. The summed E-state index contributed by atoms with van der Waals surface area (Å²) in [5.41, 5.74) is 1.92. The Morgan fingerprint density at radius 3 is 2.20 bits per heavy atom. The lowest BCUT2D eigenvalue weighted by Crippen LogP contribution is -2.43. The summed E-state index contributed by atoms with van der Waals surface area (Å²) < 4.78 is 51.8. The molecule has 7 rings (SSSR count). The van der Waals surface area contributed by atoms with Gasteiger partial charge in [-0.2, -0.15) is 15.1 Å². The molecule has 0 aliphatic carbocycles. The average molecular weight is 770 g/mol. The van der Waals surface area contributed by atoms with Crippen LogP contribution in [0.4, 0.5) is 23.1 Å². The van der Waals surface area contributed by atoms with Crippen LogP contribution in [-0.2, 0) is 26.6 Å². The van der Waals surface area contributed by atoms with Gasteiger partial charge >= 0.3 is 0 Å². The molecule has 0 unspecified atom stereocenters. The summed E-state index contributed by atoms with van der Waals surface area (Å²) in [5.74, 6) is -1.47. The van der Waals surface area contributed by atoms with Gasteiger partial charge in [-0.05, 0) is 67.2 Å². The monoisotopic (exact) mass is 769 g/mol. The van der Waals surface area contributed by atoms with Crippen LogP contribution in [0.15, 0.2) is 107 Å². The Hall–Kier alpha value is -5.99. The first-order chi connectivity index (χ1) is 25.8. The molecule has 0 atom stereocenters. The number of likely N-dealkylation sites (N-methyl/N-ethyl adjacent to an activating group) is 1. The van der Waals surface area contributed by atoms with E-state index in [2.05, 4.69) is 53.0 Å². The molecule has 6 N–H and O–H groups in total. The van der Waals surface area contributed by atoms with Crippen LogP contribution in [0.3, 0.4) is 0 Å². The highest BCUT2D eigenvalue weighted by atomic mass is 32.2. The number of aromatic amines is 1. The van der Waals surface area contributed by atoms with Gasteiger partial charge in [0.25, 0.3) is 21.8 Å². The molecule has 19 heteroatoms. The topological polar surface area (TPSA) is 230 Å². The number of amides is 2. The van der Waals surface area contributed by atoms with E-state index in [-0.39, 0.29) is 49.5 Å². The van der Waals surface area contributed by atoms with Gasteiger partial charge in [0.2, 0.25) is 16.0 Å². The van der Waals surface area contributed by atoms with Crippen molar-refractivity contribution in [1.82, 2.24) is 33.9 Å². The maximum Gasteiger partial charge on any atom is 0.275 e. The molecule has 6 aromatic rings. The Balaban J connectivity index is 1.16. The van der Waals surface area contributed by atoms with E-state index < -0.39 is 31.9 Å². The van der Waals surface area contributed by atoms with Crippen LogP contribution < -0.4 is 21.1 Å². The highest BCUT2D eigenvalue weighted by Crippen LogP contribution is 2.30. The number of hydrogen-bond donors (Lipinski definition) is 5. The second-order valence-corrected chi connectivity index (χ2v) is 16.0. The number of sulfonamides is 1. The van der Waals surface area contributed by atoms with Gasteiger partial charge in [-0.1, -0.05) is 30.3 Å². The van der Waals surface area contributed by atoms with E-state index in [4.69, 9.17) is 5.14 Å². The van der Waals surface area contributed by atoms with E-state index in [0.29, 0.717) is 5.69 Å². The van der Waals surface area contributed by atoms with Crippen molar-refractivity contribution in [3.63, 3.8) is 0 Å². The number of carbonyl (C=O) groups is 2. The van der Waals surface area contributed by atoms with E-state index >= 15 is 0 Å². The highest BCUT2D eigenvalue weighted by Gasteiger charge is 2.24. The molecule has 54 heavy (non-hydrogen) atoms. The molecule has 278 valence electrons. The first-order valence-electron chi connectivity index (χ1n) is 16.6. The smallest absolute Gasteiger partial charge is 0.275 e. The second kappa shape index (κ2) is 14.8. The third-order valence-electron chi connectivity index (χ3n) is 8.81. The summed E-state index contributed by atoms with van der Waals surface area (Å²) >= 11 is 0. The van der Waals surface area contributed by atoms with Crippen LogP contribution in [-0.4, -0.2) is 95.8 Å². The minimum atomic E-state index is -4.16. The third kappa shape index (κ3) is 7.84. The Morgan fingerprint density at radius 2 is 1.52 bits per heavy atom. The number of H-pyrrole nitrogens is 1. The van der Waals surface area contributed by atoms with Crippen molar-refractivity contribution < 1.29 is 26.4 Å². The number of nitrogens with zero attached hydrogens (tertiary/aromatic N) is 6. The van der Waals surface area contributed by atoms with Crippen molar-refractivity contribution in [2.24, 2.45) is 5.14 Å². The van der Waals surface area contributed by atoms with Gasteiger partial charge in [0.05, 0.1) is 27.1 Å². The van der Waals surface area contributed by atoms with Crippen molar-refractivity contribution in [3.05, 3.63) is 114 Å². The van der Waals surface area contributed by atoms with Crippen LogP contribution in [0.2, 0.25) is 0 Å². The molecular formula is C35H35N11O6S2. The molecule has 4 heterocycles. The van der Waals surface area contributed by atoms with Gasteiger partial charge in [-0.25, -0.2) is 25.9 Å². The number of nitrogens with two attached hydrogens (primary N) is 1. The van der Waals surface area contributed by atoms with Gasteiger partial charge in [0.15, 0.2) is 5.65 Å². The summed E-state index contributed by atoms with van der Waals surface area (Å²) in [6.07, 6.45) is 2.67. The second-order valence-electron chi connectivity index (χ2n) is 12.6. The number of benzene rings is 3. The zero-order valence-corrected chi connectivity index (χ0v) is 30.4. The van der Waals surface area contributed by atoms with Crippen LogP contribution >= 0.6 is 0 Å². The fourth-order valence-electron chi connectivity index (χ4n) is 5.85. The summed E-state index contributed by atoms with van der Waals surface area (Å²) in [7, 11) is -6.04. The molecular weight excluding hydrogens is 735 g/mol. The minimum absolute atomic E-state index is 0.00249. The third-order valence-corrected chi connectivity index (χ3v) is 11.4. The van der Waals surface area contributed by atoms with Gasteiger partial charge in [-0.15, -0.1) is 0 Å². The number of hydrogen-bond acceptors (Lipinski definition) is 12. The number of fused-ring (bicyclic) bond motifs is 1. The van der Waals surface area contributed by atoms with Gasteiger partial charge in [-0.3, -0.25) is 24.9 Å². The quantitative estimate of drug-likeness (QED) is 0.128. The lowest BCUT2D eigenvalue weighted by Gasteiger charge is -2.32. The lowest BCUT2D eigenvalue weighted by atomic mass is 10.1. The highest BCUT2D eigenvalue weighted by molar-refractivity contribution is 7.90. The maximum absolute atomic E-state index is 13.7. The van der Waals surface area contributed by atoms with E-state index in [1.54, 1.807) is 18.2 Å². The number of carbonyl (C=O) groups excluding carboxylic acids is 2. The molecule has 1 fully saturated rings. The first-order valence-corrected chi connectivity index (χ1v) is 19.6. The van der Waals surface area contributed by atoms with Crippen LogP contribution in [0, 0.1) is 0 Å². The van der Waals surface area contributed by atoms with E-state index in [1.807, 2.05) is 24.3 Å². The Kier molecular flexibility index (Phi) is 9.97. The normalized spacial score (nSPS) is 14.2. The average Bonchev–Trinajstić information content (AvgIpc) is 3.81. The summed E-state index contributed by atoms with van der Waals surface area (Å²) in [5, 5.41) is 20.6. The molecule has 0 bridgehead atoms. The summed E-state index contributed by atoms with van der Waals surface area (Å²) in [6, 6.07) is 21.7. The molecule has 0 radical (unpaired) electrons. The molecule has 1 aliphatic rings. The standard InChI is InChI=1S/C35H35N11O6S2/c1-44-17-19-45(20-18-44)22-23-7-11-25(12-8-23)38-34(48)30-29(21-37-43-30)39-31-28-15-16-46(54(51,52)27-5-3-2-4-6-27)32(28)41-35(40-31)42-33(47)24-9-13-26(14-10-24)53(36,49)50/h2-16,21H,17-20,22H2,1H3,(H,37,43)(H,38,48)(H2,36,49,50)(H2,39,40,41,42,47). The molecule has 0 saturated carbocycles. The van der Waals surface area contributed by atoms with Gasteiger partial charge < -0.3 is 15.5 Å². The molecule has 1 saturated heterocycles. The van der Waals surface area contributed by atoms with E-state index in [0.717, 1.165) is 42.3 Å². The molecule has 2 amide bonds. The zero-order valence-electron chi connectivity index (χ0n) is 28.8. The number of rotatable bonds is 11. The van der Waals surface area contributed by atoms with Crippen molar-refractivity contribution in [1.29, 1.82) is 0 Å². The zero-order chi connectivity index (χ0) is 38.0. The molecule has 1 aliphatic heterocycles. The summed E-state index contributed by atoms with van der Waals surface area (Å²) in [4.78, 5) is 40.0. The van der Waals surface area contributed by atoms with E-state index in [9.17, 15) is 26.4 Å². The van der Waals surface area contributed by atoms with E-state index in [1.165, 1.54) is 54.9 Å². The van der Waals surface area contributed by atoms with Gasteiger partial charge in [0, 0.05) is 50.2 Å². The van der Waals surface area contributed by atoms with Crippen molar-refractivity contribution in [3.8, 4) is 0 Å². The molecule has 3 aromatic heterocycles. The largest absolute Gasteiger partial charge is 0.336 e. The Morgan fingerprint density at radius 1 is 0.815 bits per heavy atom. The number of primary sulfonamides is 1. The Labute approximate surface area is 310 Å². The Bertz CT molecular complexity index is 2550. The SMILES string of the molecule is CN1CCN(Cc2ccc(NC(=O)c3[nH]ncc3Nc3nc(NC(=O)c4ccc(S(N)(=O)=O)cc4)nc4c3ccn4S(=O)(=O)c3ccccc3)cc2)CC1. The fourth-order valence-corrected chi connectivity index (χ4v) is 7.68. The van der Waals surface area contributed by atoms with Gasteiger partial charge in [0.1, 0.15) is 11.5 Å². The number of aromatic nitrogens is 5. The minimum Gasteiger partial charge on any atom is -0.336 e. The van der Waals surface area contributed by atoms with Crippen LogP contribution in [0.5, 0.6) is 0 Å². The van der Waals surface area contributed by atoms with Crippen molar-refractivity contribution >= 4 is 66.0 Å². The molecule has 0 spiro atoms. The van der Waals surface area contributed by atoms with Crippen LogP contribution in [0.1, 0.15) is 26.4 Å². The fraction of sp³-hybridized carbons (Fsp3) is 0.171.